The highest BCUT2D eigenvalue weighted by atomic mass is 15.5. The van der Waals surface area contributed by atoms with Crippen LogP contribution in [0.3, 0.4) is 0 Å². The molecule has 0 radical (unpaired) electrons. The third-order valence-electron chi connectivity index (χ3n) is 2.22. The summed E-state index contributed by atoms with van der Waals surface area (Å²) >= 11 is 0. The van der Waals surface area contributed by atoms with Crippen molar-refractivity contribution in [3.63, 3.8) is 0 Å². The van der Waals surface area contributed by atoms with Crippen LogP contribution in [0.1, 0.15) is 5.56 Å². The molecule has 0 saturated carbocycles. The molecule has 0 bridgehead atoms. The fraction of sp³-hybridized carbons (Fsp3) is 0.273. The molecule has 1 aromatic carbocycles. The van der Waals surface area contributed by atoms with Crippen LogP contribution in [-0.4, -0.2) is 24.1 Å². The Morgan fingerprint density at radius 2 is 2.14 bits per heavy atom. The van der Waals surface area contributed by atoms with E-state index in [9.17, 15) is 0 Å². The first-order valence-electron chi connectivity index (χ1n) is 4.72. The number of hydrogen-bond acceptors (Lipinski definition) is 2. The molecule has 2 rings (SSSR count). The number of benzene rings is 1. The molecule has 3 nitrogen and oxygen atoms in total. The highest BCUT2D eigenvalue weighted by Crippen LogP contribution is 2.13. The maximum atomic E-state index is 3.24. The van der Waals surface area contributed by atoms with Crippen LogP contribution in [0.4, 0.5) is 0 Å². The Labute approximate surface area is 83.7 Å². The molecule has 0 amide bonds. The first-order chi connectivity index (χ1) is 6.75. The molecule has 0 aliphatic rings. The summed E-state index contributed by atoms with van der Waals surface area (Å²) in [5, 5.41) is 3.23. The molecule has 0 fully saturated rings. The Hall–Kier alpha value is -1.32. The maximum Gasteiger partial charge on any atom is 0.0454 e. The quantitative estimate of drug-likeness (QED) is 0.720. The highest BCUT2D eigenvalue weighted by molar-refractivity contribution is 5.79. The lowest BCUT2D eigenvalue weighted by molar-refractivity contribution is 0.286. The van der Waals surface area contributed by atoms with Gasteiger partial charge in [0.05, 0.1) is 0 Å². The smallest absolute Gasteiger partial charge is 0.0454 e. The van der Waals surface area contributed by atoms with Gasteiger partial charge in [-0.25, -0.2) is 0 Å². The van der Waals surface area contributed by atoms with Gasteiger partial charge in [-0.2, -0.15) is 0 Å². The van der Waals surface area contributed by atoms with Crippen molar-refractivity contribution < 1.29 is 0 Å². The number of H-pyrrole nitrogens is 1. The normalized spacial score (nSPS) is 11.4. The van der Waals surface area contributed by atoms with Gasteiger partial charge in [0.15, 0.2) is 0 Å². The van der Waals surface area contributed by atoms with Crippen LogP contribution in [0.2, 0.25) is 0 Å². The summed E-state index contributed by atoms with van der Waals surface area (Å²) in [6.45, 7) is 0.869. The predicted molar refractivity (Wildman–Crippen MR) is 58.8 cm³/mol. The third-order valence-corrected chi connectivity index (χ3v) is 2.22. The Morgan fingerprint density at radius 1 is 1.29 bits per heavy atom. The van der Waals surface area contributed by atoms with Gasteiger partial charge in [0, 0.05) is 32.4 Å². The summed E-state index contributed by atoms with van der Waals surface area (Å²) in [7, 11) is 3.99. The minimum absolute atomic E-state index is 0.869. The van der Waals surface area contributed by atoms with Crippen molar-refractivity contribution in [2.45, 2.75) is 6.54 Å². The standard InChI is InChI=1S/C11H15N3/c1-14(2)13-8-9-3-4-11-10(7-9)5-6-12-11/h3-7,12-13H,8H2,1-2H3. The molecule has 3 heteroatoms. The van der Waals surface area contributed by atoms with E-state index in [1.807, 2.05) is 25.3 Å². The second kappa shape index (κ2) is 3.82. The number of hydrazine groups is 1. The lowest BCUT2D eigenvalue weighted by Gasteiger charge is -2.11. The lowest BCUT2D eigenvalue weighted by Crippen LogP contribution is -2.29. The van der Waals surface area contributed by atoms with Crippen LogP contribution in [0.15, 0.2) is 30.5 Å². The molecule has 0 aliphatic carbocycles. The molecular weight excluding hydrogens is 174 g/mol. The van der Waals surface area contributed by atoms with Crippen LogP contribution in [0.5, 0.6) is 0 Å². The number of nitrogens with one attached hydrogen (secondary N) is 2. The SMILES string of the molecule is CN(C)NCc1ccc2[nH]ccc2c1. The Balaban J connectivity index is 2.17. The van der Waals surface area contributed by atoms with Crippen LogP contribution in [0.25, 0.3) is 10.9 Å². The van der Waals surface area contributed by atoms with Gasteiger partial charge in [0.2, 0.25) is 0 Å². The number of fused-ring (bicyclic) bond motifs is 1. The molecular formula is C11H15N3. The van der Waals surface area contributed by atoms with Gasteiger partial charge in [-0.1, -0.05) is 6.07 Å². The maximum absolute atomic E-state index is 3.24. The number of aromatic amines is 1. The van der Waals surface area contributed by atoms with E-state index in [2.05, 4.69) is 34.7 Å². The van der Waals surface area contributed by atoms with Gasteiger partial charge in [0.1, 0.15) is 0 Å². The fourth-order valence-electron chi connectivity index (χ4n) is 1.46. The zero-order chi connectivity index (χ0) is 9.97. The topological polar surface area (TPSA) is 31.1 Å². The van der Waals surface area contributed by atoms with E-state index in [1.54, 1.807) is 0 Å². The largest absolute Gasteiger partial charge is 0.361 e. The van der Waals surface area contributed by atoms with E-state index in [4.69, 9.17) is 0 Å². The Morgan fingerprint density at radius 3 is 2.93 bits per heavy atom. The highest BCUT2D eigenvalue weighted by Gasteiger charge is 1.97. The minimum Gasteiger partial charge on any atom is -0.361 e. The second-order valence-corrected chi connectivity index (χ2v) is 3.63. The van der Waals surface area contributed by atoms with Gasteiger partial charge in [0.25, 0.3) is 0 Å². The number of rotatable bonds is 3. The number of aromatic nitrogens is 1. The van der Waals surface area contributed by atoms with Crippen molar-refractivity contribution in [3.8, 4) is 0 Å². The van der Waals surface area contributed by atoms with Crippen molar-refractivity contribution in [1.29, 1.82) is 0 Å². The zero-order valence-electron chi connectivity index (χ0n) is 8.54. The molecule has 0 spiro atoms. The van der Waals surface area contributed by atoms with Crippen LogP contribution < -0.4 is 5.43 Å². The predicted octanol–water partition coefficient (Wildman–Crippen LogP) is 1.73. The average Bonchev–Trinajstić information content (AvgIpc) is 2.61. The van der Waals surface area contributed by atoms with Crippen molar-refractivity contribution >= 4 is 10.9 Å². The molecule has 0 unspecified atom stereocenters. The van der Waals surface area contributed by atoms with Crippen molar-refractivity contribution in [3.05, 3.63) is 36.0 Å². The van der Waals surface area contributed by atoms with E-state index in [0.717, 1.165) is 6.54 Å². The van der Waals surface area contributed by atoms with Gasteiger partial charge in [-0.15, -0.1) is 0 Å². The average molecular weight is 189 g/mol. The van der Waals surface area contributed by atoms with Crippen LogP contribution in [0, 0.1) is 0 Å². The molecule has 14 heavy (non-hydrogen) atoms. The van der Waals surface area contributed by atoms with E-state index >= 15 is 0 Å². The van der Waals surface area contributed by atoms with Gasteiger partial charge < -0.3 is 4.98 Å². The van der Waals surface area contributed by atoms with Crippen molar-refractivity contribution in [2.75, 3.05) is 14.1 Å². The fourth-order valence-corrected chi connectivity index (χ4v) is 1.46. The van der Waals surface area contributed by atoms with Gasteiger partial charge in [-0.3, -0.25) is 10.4 Å². The second-order valence-electron chi connectivity index (χ2n) is 3.63. The summed E-state index contributed by atoms with van der Waals surface area (Å²) in [5.41, 5.74) is 5.73. The number of nitrogens with zero attached hydrogens (tertiary/aromatic N) is 1. The van der Waals surface area contributed by atoms with Crippen molar-refractivity contribution in [1.82, 2.24) is 15.4 Å². The molecule has 0 aliphatic heterocycles. The molecule has 2 aromatic rings. The van der Waals surface area contributed by atoms with Crippen LogP contribution in [-0.2, 0) is 6.54 Å². The van der Waals surface area contributed by atoms with Gasteiger partial charge >= 0.3 is 0 Å². The zero-order valence-corrected chi connectivity index (χ0v) is 8.54. The first kappa shape index (κ1) is 9.24. The molecule has 1 heterocycles. The summed E-state index contributed by atoms with van der Waals surface area (Å²) in [6, 6.07) is 8.54. The summed E-state index contributed by atoms with van der Waals surface area (Å²) in [6.07, 6.45) is 1.97. The summed E-state index contributed by atoms with van der Waals surface area (Å²) in [5.74, 6) is 0. The van der Waals surface area contributed by atoms with E-state index < -0.39 is 0 Å². The first-order valence-corrected chi connectivity index (χ1v) is 4.72. The monoisotopic (exact) mass is 189 g/mol. The minimum atomic E-state index is 0.869. The molecule has 0 saturated heterocycles. The third kappa shape index (κ3) is 1.95. The molecule has 0 atom stereocenters. The number of hydrogen-bond donors (Lipinski definition) is 2. The molecule has 2 N–H and O–H groups in total. The van der Waals surface area contributed by atoms with Gasteiger partial charge in [-0.05, 0) is 29.1 Å². The molecule has 1 aromatic heterocycles. The van der Waals surface area contributed by atoms with E-state index in [-0.39, 0.29) is 0 Å². The lowest BCUT2D eigenvalue weighted by atomic mass is 10.1. The van der Waals surface area contributed by atoms with Crippen molar-refractivity contribution in [2.24, 2.45) is 0 Å². The summed E-state index contributed by atoms with van der Waals surface area (Å²) < 4.78 is 0. The Bertz CT molecular complexity index is 417. The Kier molecular flexibility index (Phi) is 2.52. The summed E-state index contributed by atoms with van der Waals surface area (Å²) in [4.78, 5) is 3.18. The van der Waals surface area contributed by atoms with E-state index in [1.165, 1.54) is 16.5 Å². The van der Waals surface area contributed by atoms with E-state index in [0.29, 0.717) is 0 Å². The molecule has 74 valence electrons. The van der Waals surface area contributed by atoms with Crippen LogP contribution >= 0.6 is 0 Å².